The van der Waals surface area contributed by atoms with Crippen LogP contribution in [-0.4, -0.2) is 34.3 Å². The van der Waals surface area contributed by atoms with Gasteiger partial charge in [0.1, 0.15) is 0 Å². The Morgan fingerprint density at radius 2 is 2.17 bits per heavy atom. The Morgan fingerprint density at radius 3 is 2.88 bits per heavy atom. The van der Waals surface area contributed by atoms with Crippen molar-refractivity contribution in [3.8, 4) is 0 Å². The van der Waals surface area contributed by atoms with Gasteiger partial charge in [0.15, 0.2) is 0 Å². The van der Waals surface area contributed by atoms with Crippen LogP contribution in [0.25, 0.3) is 10.2 Å². The SMILES string of the molecule is CC(C)c1nc2ccc(NC(=O)C3CC(=O)N(C4CC4)C3)cc2s1. The second-order valence-corrected chi connectivity index (χ2v) is 8.12. The summed E-state index contributed by atoms with van der Waals surface area (Å²) >= 11 is 1.67. The van der Waals surface area contributed by atoms with E-state index in [0.29, 0.717) is 24.9 Å². The Kier molecular flexibility index (Phi) is 3.79. The average molecular weight is 343 g/mol. The van der Waals surface area contributed by atoms with E-state index in [0.717, 1.165) is 33.8 Å². The number of benzene rings is 1. The van der Waals surface area contributed by atoms with E-state index >= 15 is 0 Å². The predicted molar refractivity (Wildman–Crippen MR) is 95.2 cm³/mol. The third-order valence-electron chi connectivity index (χ3n) is 4.68. The van der Waals surface area contributed by atoms with Crippen LogP contribution in [0.4, 0.5) is 5.69 Å². The third kappa shape index (κ3) is 2.90. The Hall–Kier alpha value is -1.95. The summed E-state index contributed by atoms with van der Waals surface area (Å²) in [6.07, 6.45) is 2.50. The average Bonchev–Trinajstić information content (AvgIpc) is 3.16. The fourth-order valence-electron chi connectivity index (χ4n) is 3.16. The number of anilines is 1. The lowest BCUT2D eigenvalue weighted by molar-refractivity contribution is -0.128. The summed E-state index contributed by atoms with van der Waals surface area (Å²) in [6.45, 7) is 4.82. The van der Waals surface area contributed by atoms with Gasteiger partial charge in [-0.05, 0) is 31.0 Å². The van der Waals surface area contributed by atoms with Crippen LogP contribution in [0.5, 0.6) is 0 Å². The standard InChI is InChI=1S/C18H21N3O2S/c1-10(2)18-20-14-6-3-12(8-15(14)24-18)19-17(23)11-7-16(22)21(9-11)13-4-5-13/h3,6,8,10-11,13H,4-5,7,9H2,1-2H3,(H,19,23). The van der Waals surface area contributed by atoms with Gasteiger partial charge in [0.25, 0.3) is 0 Å². The first-order valence-corrected chi connectivity index (χ1v) is 9.33. The maximum Gasteiger partial charge on any atom is 0.229 e. The van der Waals surface area contributed by atoms with E-state index in [-0.39, 0.29) is 17.7 Å². The molecule has 1 aliphatic carbocycles. The van der Waals surface area contributed by atoms with Gasteiger partial charge in [-0.3, -0.25) is 9.59 Å². The Morgan fingerprint density at radius 1 is 1.38 bits per heavy atom. The lowest BCUT2D eigenvalue weighted by Gasteiger charge is -2.15. The minimum Gasteiger partial charge on any atom is -0.339 e. The summed E-state index contributed by atoms with van der Waals surface area (Å²) in [5.41, 5.74) is 1.75. The zero-order chi connectivity index (χ0) is 16.8. The van der Waals surface area contributed by atoms with E-state index in [1.54, 1.807) is 11.3 Å². The molecule has 1 aromatic carbocycles. The van der Waals surface area contributed by atoms with E-state index in [4.69, 9.17) is 0 Å². The van der Waals surface area contributed by atoms with Crippen molar-refractivity contribution >= 4 is 39.1 Å². The maximum atomic E-state index is 12.5. The van der Waals surface area contributed by atoms with E-state index in [2.05, 4.69) is 24.1 Å². The molecular formula is C18H21N3O2S. The molecule has 1 N–H and O–H groups in total. The molecule has 2 aliphatic rings. The van der Waals surface area contributed by atoms with Crippen molar-refractivity contribution in [1.29, 1.82) is 0 Å². The van der Waals surface area contributed by atoms with Crippen molar-refractivity contribution in [2.75, 3.05) is 11.9 Å². The molecular weight excluding hydrogens is 322 g/mol. The molecule has 1 aliphatic heterocycles. The molecule has 126 valence electrons. The molecule has 1 atom stereocenters. The summed E-state index contributed by atoms with van der Waals surface area (Å²) in [6, 6.07) is 6.20. The first kappa shape index (κ1) is 15.6. The maximum absolute atomic E-state index is 12.5. The number of nitrogens with one attached hydrogen (secondary N) is 1. The fourth-order valence-corrected chi connectivity index (χ4v) is 4.17. The minimum absolute atomic E-state index is 0.0561. The number of aromatic nitrogens is 1. The molecule has 5 nitrogen and oxygen atoms in total. The summed E-state index contributed by atoms with van der Waals surface area (Å²) in [5.74, 6) is 0.233. The van der Waals surface area contributed by atoms with Crippen LogP contribution < -0.4 is 5.32 Å². The first-order chi connectivity index (χ1) is 11.5. The normalized spacial score (nSPS) is 21.0. The molecule has 6 heteroatoms. The van der Waals surface area contributed by atoms with Crippen LogP contribution >= 0.6 is 11.3 Å². The van der Waals surface area contributed by atoms with E-state index < -0.39 is 0 Å². The van der Waals surface area contributed by atoms with Crippen molar-refractivity contribution in [1.82, 2.24) is 9.88 Å². The van der Waals surface area contributed by atoms with Crippen LogP contribution in [0, 0.1) is 5.92 Å². The molecule has 2 heterocycles. The number of hydrogen-bond acceptors (Lipinski definition) is 4. The number of amides is 2. The lowest BCUT2D eigenvalue weighted by atomic mass is 10.1. The van der Waals surface area contributed by atoms with Gasteiger partial charge in [-0.1, -0.05) is 13.8 Å². The van der Waals surface area contributed by atoms with Crippen LogP contribution in [0.15, 0.2) is 18.2 Å². The monoisotopic (exact) mass is 343 g/mol. The van der Waals surface area contributed by atoms with Gasteiger partial charge in [0.2, 0.25) is 11.8 Å². The van der Waals surface area contributed by atoms with Crippen molar-refractivity contribution in [2.45, 2.75) is 45.1 Å². The smallest absolute Gasteiger partial charge is 0.229 e. The van der Waals surface area contributed by atoms with Crippen molar-refractivity contribution < 1.29 is 9.59 Å². The van der Waals surface area contributed by atoms with E-state index in [9.17, 15) is 9.59 Å². The molecule has 0 bridgehead atoms. The fraction of sp³-hybridized carbons (Fsp3) is 0.500. The van der Waals surface area contributed by atoms with Gasteiger partial charge in [0.05, 0.1) is 21.1 Å². The highest BCUT2D eigenvalue weighted by Crippen LogP contribution is 2.33. The molecule has 0 spiro atoms. The van der Waals surface area contributed by atoms with E-state index in [1.807, 2.05) is 23.1 Å². The van der Waals surface area contributed by atoms with Crippen LogP contribution in [0.3, 0.4) is 0 Å². The number of hydrogen-bond donors (Lipinski definition) is 1. The highest BCUT2D eigenvalue weighted by molar-refractivity contribution is 7.18. The van der Waals surface area contributed by atoms with Crippen molar-refractivity contribution in [3.63, 3.8) is 0 Å². The number of thiazole rings is 1. The number of nitrogens with zero attached hydrogens (tertiary/aromatic N) is 2. The molecule has 1 saturated carbocycles. The van der Waals surface area contributed by atoms with Gasteiger partial charge in [-0.25, -0.2) is 4.98 Å². The largest absolute Gasteiger partial charge is 0.339 e. The summed E-state index contributed by atoms with van der Waals surface area (Å²) in [7, 11) is 0. The van der Waals surface area contributed by atoms with Crippen LogP contribution in [-0.2, 0) is 9.59 Å². The molecule has 2 amide bonds. The third-order valence-corrected chi connectivity index (χ3v) is 6.00. The zero-order valence-corrected chi connectivity index (χ0v) is 14.7. The van der Waals surface area contributed by atoms with Crippen molar-refractivity contribution in [3.05, 3.63) is 23.2 Å². The van der Waals surface area contributed by atoms with Gasteiger partial charge >= 0.3 is 0 Å². The highest BCUT2D eigenvalue weighted by Gasteiger charge is 2.41. The van der Waals surface area contributed by atoms with Crippen molar-refractivity contribution in [2.24, 2.45) is 5.92 Å². The molecule has 1 unspecified atom stereocenters. The molecule has 4 rings (SSSR count). The number of carbonyl (C=O) groups excluding carboxylic acids is 2. The molecule has 2 aromatic rings. The quantitative estimate of drug-likeness (QED) is 0.926. The lowest BCUT2D eigenvalue weighted by Crippen LogP contribution is -2.29. The molecule has 1 aromatic heterocycles. The highest BCUT2D eigenvalue weighted by atomic mass is 32.1. The summed E-state index contributed by atoms with van der Waals surface area (Å²) < 4.78 is 1.08. The number of fused-ring (bicyclic) bond motifs is 1. The first-order valence-electron chi connectivity index (χ1n) is 8.52. The van der Waals surface area contributed by atoms with Gasteiger partial charge in [-0.15, -0.1) is 11.3 Å². The Labute approximate surface area is 145 Å². The summed E-state index contributed by atoms with van der Waals surface area (Å²) in [4.78, 5) is 31.0. The topological polar surface area (TPSA) is 62.3 Å². The minimum atomic E-state index is -0.235. The van der Waals surface area contributed by atoms with Gasteiger partial charge in [0, 0.05) is 30.6 Å². The zero-order valence-electron chi connectivity index (χ0n) is 13.9. The number of rotatable bonds is 4. The number of likely N-dealkylation sites (tertiary alicyclic amines) is 1. The molecule has 0 radical (unpaired) electrons. The molecule has 1 saturated heterocycles. The molecule has 24 heavy (non-hydrogen) atoms. The van der Waals surface area contributed by atoms with Crippen LogP contribution in [0.2, 0.25) is 0 Å². The number of carbonyl (C=O) groups is 2. The predicted octanol–water partition coefficient (Wildman–Crippen LogP) is 3.37. The Bertz CT molecular complexity index is 810. The van der Waals surface area contributed by atoms with Gasteiger partial charge in [-0.2, -0.15) is 0 Å². The second-order valence-electron chi connectivity index (χ2n) is 7.06. The van der Waals surface area contributed by atoms with Gasteiger partial charge < -0.3 is 10.2 Å². The molecule has 2 fully saturated rings. The second kappa shape index (κ2) is 5.84. The van der Waals surface area contributed by atoms with E-state index in [1.165, 1.54) is 0 Å². The van der Waals surface area contributed by atoms with Crippen LogP contribution in [0.1, 0.15) is 44.0 Å². The summed E-state index contributed by atoms with van der Waals surface area (Å²) in [5, 5.41) is 4.08. The Balaban J connectivity index is 1.47.